The first-order chi connectivity index (χ1) is 8.25. The van der Waals surface area contributed by atoms with Gasteiger partial charge >= 0.3 is 0 Å². The van der Waals surface area contributed by atoms with Crippen molar-refractivity contribution in [1.82, 2.24) is 15.1 Å². The summed E-state index contributed by atoms with van der Waals surface area (Å²) >= 11 is 0. The van der Waals surface area contributed by atoms with Crippen LogP contribution in [0, 0.1) is 0 Å². The van der Waals surface area contributed by atoms with Crippen LogP contribution in [0.25, 0.3) is 0 Å². The molecular formula is C14H27N3. The fourth-order valence-corrected chi connectivity index (χ4v) is 3.95. The quantitative estimate of drug-likeness (QED) is 0.781. The Morgan fingerprint density at radius 3 is 2.94 bits per heavy atom. The molecule has 1 N–H and O–H groups in total. The molecule has 3 aliphatic heterocycles. The molecule has 3 heterocycles. The molecule has 3 heteroatoms. The number of piperazine rings is 1. The second kappa shape index (κ2) is 4.87. The molecule has 17 heavy (non-hydrogen) atoms. The fraction of sp³-hybridized carbons (Fsp3) is 1.00. The lowest BCUT2D eigenvalue weighted by Gasteiger charge is -2.46. The van der Waals surface area contributed by atoms with Gasteiger partial charge in [-0.05, 0) is 45.7 Å². The van der Waals surface area contributed by atoms with Crippen molar-refractivity contribution in [3.05, 3.63) is 0 Å². The number of fused-ring (bicyclic) bond motifs is 1. The molecule has 98 valence electrons. The van der Waals surface area contributed by atoms with Crippen LogP contribution < -0.4 is 5.32 Å². The second-order valence-corrected chi connectivity index (χ2v) is 6.51. The molecule has 0 bridgehead atoms. The van der Waals surface area contributed by atoms with Gasteiger partial charge in [0.1, 0.15) is 0 Å². The van der Waals surface area contributed by atoms with E-state index in [2.05, 4.69) is 22.0 Å². The molecule has 2 atom stereocenters. The van der Waals surface area contributed by atoms with E-state index in [1.54, 1.807) is 0 Å². The van der Waals surface area contributed by atoms with Gasteiger partial charge in [-0.3, -0.25) is 9.80 Å². The van der Waals surface area contributed by atoms with Crippen LogP contribution in [0.4, 0.5) is 0 Å². The van der Waals surface area contributed by atoms with Crippen molar-refractivity contribution in [3.63, 3.8) is 0 Å². The Balaban J connectivity index is 1.55. The van der Waals surface area contributed by atoms with E-state index in [1.807, 2.05) is 0 Å². The molecule has 0 aromatic carbocycles. The highest BCUT2D eigenvalue weighted by Gasteiger charge is 2.34. The van der Waals surface area contributed by atoms with Crippen LogP contribution in [-0.2, 0) is 0 Å². The summed E-state index contributed by atoms with van der Waals surface area (Å²) < 4.78 is 0. The van der Waals surface area contributed by atoms with Crippen molar-refractivity contribution in [2.45, 2.75) is 50.6 Å². The highest BCUT2D eigenvalue weighted by Crippen LogP contribution is 2.24. The van der Waals surface area contributed by atoms with Crippen molar-refractivity contribution in [1.29, 1.82) is 0 Å². The molecule has 0 spiro atoms. The van der Waals surface area contributed by atoms with Gasteiger partial charge in [0.15, 0.2) is 0 Å². The highest BCUT2D eigenvalue weighted by atomic mass is 15.3. The summed E-state index contributed by atoms with van der Waals surface area (Å²) in [5, 5.41) is 3.70. The maximum absolute atomic E-state index is 3.70. The highest BCUT2D eigenvalue weighted by molar-refractivity contribution is 4.94. The van der Waals surface area contributed by atoms with Crippen LogP contribution >= 0.6 is 0 Å². The maximum atomic E-state index is 3.70. The van der Waals surface area contributed by atoms with Gasteiger partial charge in [-0.2, -0.15) is 0 Å². The summed E-state index contributed by atoms with van der Waals surface area (Å²) in [6, 6.07) is 0.863. The van der Waals surface area contributed by atoms with Crippen molar-refractivity contribution < 1.29 is 0 Å². The molecular weight excluding hydrogens is 210 g/mol. The number of nitrogens with one attached hydrogen (secondary N) is 1. The summed E-state index contributed by atoms with van der Waals surface area (Å²) in [7, 11) is 0. The van der Waals surface area contributed by atoms with Crippen molar-refractivity contribution >= 4 is 0 Å². The van der Waals surface area contributed by atoms with Gasteiger partial charge in [0.2, 0.25) is 0 Å². The molecule has 3 aliphatic rings. The minimum atomic E-state index is 0.400. The molecule has 0 radical (unpaired) electrons. The van der Waals surface area contributed by atoms with Gasteiger partial charge in [0.05, 0.1) is 0 Å². The zero-order chi connectivity index (χ0) is 11.7. The normalized spacial score (nSPS) is 40.4. The largest absolute Gasteiger partial charge is 0.310 e. The van der Waals surface area contributed by atoms with Crippen molar-refractivity contribution in [3.8, 4) is 0 Å². The lowest BCUT2D eigenvalue weighted by atomic mass is 9.96. The van der Waals surface area contributed by atoms with Crippen LogP contribution in [0.3, 0.4) is 0 Å². The predicted octanol–water partition coefficient (Wildman–Crippen LogP) is 1.30. The average molecular weight is 237 g/mol. The number of rotatable bonds is 2. The Morgan fingerprint density at radius 1 is 1.18 bits per heavy atom. The molecule has 0 aliphatic carbocycles. The zero-order valence-corrected chi connectivity index (χ0v) is 11.2. The Bertz CT molecular complexity index is 260. The van der Waals surface area contributed by atoms with Gasteiger partial charge < -0.3 is 5.32 Å². The number of nitrogens with zero attached hydrogens (tertiary/aromatic N) is 2. The summed E-state index contributed by atoms with van der Waals surface area (Å²) in [6.07, 6.45) is 7.03. The van der Waals surface area contributed by atoms with Gasteiger partial charge in [0.25, 0.3) is 0 Å². The molecule has 0 aromatic rings. The summed E-state index contributed by atoms with van der Waals surface area (Å²) in [5.74, 6) is 0. The van der Waals surface area contributed by atoms with Gasteiger partial charge in [-0.15, -0.1) is 0 Å². The lowest BCUT2D eigenvalue weighted by molar-refractivity contribution is 0.0379. The van der Waals surface area contributed by atoms with Gasteiger partial charge in [0, 0.05) is 37.8 Å². The van der Waals surface area contributed by atoms with E-state index < -0.39 is 0 Å². The second-order valence-electron chi connectivity index (χ2n) is 6.51. The van der Waals surface area contributed by atoms with Crippen molar-refractivity contribution in [2.75, 3.05) is 39.3 Å². The summed E-state index contributed by atoms with van der Waals surface area (Å²) in [4.78, 5) is 5.44. The fourth-order valence-electron chi connectivity index (χ4n) is 3.95. The monoisotopic (exact) mass is 237 g/mol. The number of piperidine rings is 1. The standard InChI is InChI=1S/C14H27N3/c1-14(6-4-7-15-14)12-16-9-10-17-8-3-2-5-13(17)11-16/h13,15H,2-12H2,1H3. The Morgan fingerprint density at radius 2 is 2.12 bits per heavy atom. The Labute approximate surface area is 106 Å². The maximum Gasteiger partial charge on any atom is 0.0280 e. The van der Waals surface area contributed by atoms with Crippen LogP contribution in [0.5, 0.6) is 0 Å². The first-order valence-corrected chi connectivity index (χ1v) is 7.47. The molecule has 3 nitrogen and oxygen atoms in total. The smallest absolute Gasteiger partial charge is 0.0280 e. The van der Waals surface area contributed by atoms with E-state index in [0.717, 1.165) is 6.04 Å². The van der Waals surface area contributed by atoms with Crippen LogP contribution in [0.1, 0.15) is 39.0 Å². The van der Waals surface area contributed by atoms with Gasteiger partial charge in [-0.25, -0.2) is 0 Å². The average Bonchev–Trinajstić information content (AvgIpc) is 2.76. The van der Waals surface area contributed by atoms with E-state index in [4.69, 9.17) is 0 Å². The number of hydrogen-bond acceptors (Lipinski definition) is 3. The summed E-state index contributed by atoms with van der Waals surface area (Å²) in [6.45, 7) is 10.2. The van der Waals surface area contributed by atoms with Crippen LogP contribution in [0.2, 0.25) is 0 Å². The minimum Gasteiger partial charge on any atom is -0.310 e. The van der Waals surface area contributed by atoms with E-state index in [-0.39, 0.29) is 0 Å². The molecule has 0 amide bonds. The van der Waals surface area contributed by atoms with E-state index in [1.165, 1.54) is 71.4 Å². The van der Waals surface area contributed by atoms with Crippen LogP contribution in [-0.4, -0.2) is 60.6 Å². The minimum absolute atomic E-state index is 0.400. The van der Waals surface area contributed by atoms with E-state index in [0.29, 0.717) is 5.54 Å². The first-order valence-electron chi connectivity index (χ1n) is 7.47. The lowest BCUT2D eigenvalue weighted by Crippen LogP contribution is -2.58. The topological polar surface area (TPSA) is 18.5 Å². The first kappa shape index (κ1) is 11.9. The Kier molecular flexibility index (Phi) is 3.42. The molecule has 2 unspecified atom stereocenters. The molecule has 3 saturated heterocycles. The van der Waals surface area contributed by atoms with Crippen molar-refractivity contribution in [2.24, 2.45) is 0 Å². The molecule has 0 aromatic heterocycles. The van der Waals surface area contributed by atoms with E-state index >= 15 is 0 Å². The molecule has 3 rings (SSSR count). The van der Waals surface area contributed by atoms with E-state index in [9.17, 15) is 0 Å². The SMILES string of the molecule is CC1(CN2CCN3CCCCC3C2)CCCN1. The molecule has 0 saturated carbocycles. The predicted molar refractivity (Wildman–Crippen MR) is 71.3 cm³/mol. The zero-order valence-electron chi connectivity index (χ0n) is 11.2. The third-order valence-electron chi connectivity index (χ3n) is 4.95. The molecule has 3 fully saturated rings. The van der Waals surface area contributed by atoms with Crippen LogP contribution in [0.15, 0.2) is 0 Å². The number of hydrogen-bond donors (Lipinski definition) is 1. The third-order valence-corrected chi connectivity index (χ3v) is 4.95. The van der Waals surface area contributed by atoms with Gasteiger partial charge in [-0.1, -0.05) is 6.42 Å². The summed E-state index contributed by atoms with van der Waals surface area (Å²) in [5.41, 5.74) is 0.400. The Hall–Kier alpha value is -0.120. The third kappa shape index (κ3) is 2.67.